The van der Waals surface area contributed by atoms with Gasteiger partial charge in [-0.15, -0.1) is 0 Å². The number of anilines is 1. The molecule has 0 N–H and O–H groups in total. The predicted molar refractivity (Wildman–Crippen MR) is 189 cm³/mol. The van der Waals surface area contributed by atoms with Crippen molar-refractivity contribution in [3.05, 3.63) is 94.2 Å². The van der Waals surface area contributed by atoms with Crippen molar-refractivity contribution in [2.24, 2.45) is 5.92 Å². The monoisotopic (exact) mass is 826 g/mol. The zero-order chi connectivity index (χ0) is 38.1. The molecule has 1 fully saturated rings. The van der Waals surface area contributed by atoms with Crippen LogP contribution < -0.4 is 118 Å². The third-order valence-corrected chi connectivity index (χ3v) is 12.3. The summed E-state index contributed by atoms with van der Waals surface area (Å²) in [6, 6.07) is 9.39. The summed E-state index contributed by atoms with van der Waals surface area (Å²) < 4.78 is 42.1. The Morgan fingerprint density at radius 3 is 2.26 bits per heavy atom. The van der Waals surface area contributed by atoms with Gasteiger partial charge in [-0.25, -0.2) is 13.2 Å². The van der Waals surface area contributed by atoms with Gasteiger partial charge in [-0.2, -0.15) is 8.91 Å². The molecule has 0 spiro atoms. The van der Waals surface area contributed by atoms with Crippen molar-refractivity contribution in [2.75, 3.05) is 33.1 Å². The standard InChI is InChI=1S/C37H42N4O9S2.2K/c1-36(2)25-19-23(51-50-49-45)13-15-27(25)38(5)29(36)17-11-21-9-10-22(31(21)32-33(42)40(7)35(44)41(8)34(32)43)12-18-30-37(3,4)26-20-24(52(46,47)48)14-16-28(26)39(30)6;;/h11-20,32-33,45H,9-10H2,1-8H3,(H,46,47,48);;/q;2*+1/p-2. The summed E-state index contributed by atoms with van der Waals surface area (Å²) in [5.41, 5.74) is 6.21. The van der Waals surface area contributed by atoms with E-state index in [1.807, 2.05) is 75.3 Å². The summed E-state index contributed by atoms with van der Waals surface area (Å²) in [5, 5.41) is 27.7. The zero-order valence-electron chi connectivity index (χ0n) is 32.1. The second kappa shape index (κ2) is 17.2. The third kappa shape index (κ3) is 8.10. The van der Waals surface area contributed by atoms with Gasteiger partial charge in [0.05, 0.1) is 28.3 Å². The van der Waals surface area contributed by atoms with Gasteiger partial charge in [0.25, 0.3) is 0 Å². The van der Waals surface area contributed by atoms with Crippen LogP contribution in [0, 0.1) is 5.92 Å². The van der Waals surface area contributed by atoms with Crippen molar-refractivity contribution in [3.63, 3.8) is 0 Å². The summed E-state index contributed by atoms with van der Waals surface area (Å²) in [4.78, 5) is 30.9. The molecule has 2 atom stereocenters. The number of amides is 3. The van der Waals surface area contributed by atoms with Crippen molar-refractivity contribution in [1.29, 1.82) is 0 Å². The number of carbonyl (C=O) groups excluding carboxylic acids is 2. The number of hydrogen-bond acceptors (Lipinski definition) is 11. The van der Waals surface area contributed by atoms with Gasteiger partial charge in [0.2, 0.25) is 11.6 Å². The SMILES string of the molecule is CN1C(=O)C(C2=C(/C=C/C3=[N+](C)c4ccc(SOO[O-])cc4C3(C)C)CC/C2=C\C=C2\N(C)c3ccc(S(=O)(=O)[O-])cc3C2(C)C)C([O-])N(C)C1=O.[K+].[K+]. The van der Waals surface area contributed by atoms with Gasteiger partial charge in [0, 0.05) is 60.5 Å². The van der Waals surface area contributed by atoms with Crippen LogP contribution >= 0.6 is 12.0 Å². The minimum Gasteiger partial charge on any atom is -0.835 e. The number of rotatable bonds is 8. The zero-order valence-corrected chi connectivity index (χ0v) is 40.0. The van der Waals surface area contributed by atoms with Crippen LogP contribution in [0.15, 0.2) is 92.9 Å². The van der Waals surface area contributed by atoms with Crippen LogP contribution in [0.1, 0.15) is 51.7 Å². The second-order valence-electron chi connectivity index (χ2n) is 14.5. The Labute approximate surface area is 405 Å². The smallest absolute Gasteiger partial charge is 0.835 e. The number of benzene rings is 2. The van der Waals surface area contributed by atoms with Gasteiger partial charge < -0.3 is 24.7 Å². The van der Waals surface area contributed by atoms with Gasteiger partial charge >= 0.3 is 109 Å². The van der Waals surface area contributed by atoms with Crippen LogP contribution in [0.2, 0.25) is 0 Å². The van der Waals surface area contributed by atoms with Crippen LogP contribution in [-0.2, 0) is 35.1 Å². The number of urea groups is 1. The molecule has 0 bridgehead atoms. The van der Waals surface area contributed by atoms with Crippen molar-refractivity contribution in [3.8, 4) is 0 Å². The molecule has 0 radical (unpaired) electrons. The minimum absolute atomic E-state index is 0. The van der Waals surface area contributed by atoms with Gasteiger partial charge in [-0.1, -0.05) is 26.0 Å². The van der Waals surface area contributed by atoms with Gasteiger partial charge in [0.15, 0.2) is 5.71 Å². The molecule has 1 saturated heterocycles. The first kappa shape index (κ1) is 45.9. The molecule has 54 heavy (non-hydrogen) atoms. The van der Waals surface area contributed by atoms with Gasteiger partial charge in [0.1, 0.15) is 17.2 Å². The fourth-order valence-electron chi connectivity index (χ4n) is 8.00. The topological polar surface area (TPSA) is 169 Å². The molecular weight excluding hydrogens is 787 g/mol. The van der Waals surface area contributed by atoms with E-state index in [1.165, 1.54) is 26.2 Å². The maximum absolute atomic E-state index is 13.8. The van der Waals surface area contributed by atoms with E-state index in [2.05, 4.69) is 27.8 Å². The summed E-state index contributed by atoms with van der Waals surface area (Å²) in [6.45, 7) is 8.04. The Kier molecular flexibility index (Phi) is 14.6. The number of carbonyl (C=O) groups is 2. The van der Waals surface area contributed by atoms with Crippen LogP contribution in [-0.4, -0.2) is 79.4 Å². The largest absolute Gasteiger partial charge is 1.00 e. The van der Waals surface area contributed by atoms with E-state index in [0.29, 0.717) is 28.9 Å². The number of likely N-dealkylation sites (N-methyl/N-ethyl adjacent to an activating group) is 1. The Morgan fingerprint density at radius 2 is 1.61 bits per heavy atom. The quantitative estimate of drug-likeness (QED) is 0.0692. The van der Waals surface area contributed by atoms with Crippen LogP contribution in [0.4, 0.5) is 16.2 Å². The third-order valence-electron chi connectivity index (χ3n) is 10.9. The van der Waals surface area contributed by atoms with Crippen molar-refractivity contribution >= 4 is 51.2 Å². The number of imide groups is 1. The maximum atomic E-state index is 13.8. The van der Waals surface area contributed by atoms with E-state index < -0.39 is 45.0 Å². The van der Waals surface area contributed by atoms with Crippen LogP contribution in [0.3, 0.4) is 0 Å². The second-order valence-corrected chi connectivity index (χ2v) is 16.6. The van der Waals surface area contributed by atoms with E-state index in [0.717, 1.165) is 61.3 Å². The van der Waals surface area contributed by atoms with Crippen molar-refractivity contribution < 1.29 is 150 Å². The van der Waals surface area contributed by atoms with Crippen LogP contribution in [0.25, 0.3) is 0 Å². The number of allylic oxidation sites excluding steroid dienone is 7. The molecule has 0 aromatic heterocycles. The van der Waals surface area contributed by atoms with Gasteiger partial charge in [-0.05, 0) is 91.6 Å². The molecule has 2 unspecified atom stereocenters. The van der Waals surface area contributed by atoms with Gasteiger partial charge in [-0.3, -0.25) is 14.7 Å². The van der Waals surface area contributed by atoms with Crippen LogP contribution in [0.5, 0.6) is 0 Å². The molecule has 3 amide bonds. The molecule has 0 saturated carbocycles. The summed E-state index contributed by atoms with van der Waals surface area (Å²) in [7, 11) is 1.94. The molecular formula is C37H40K2N4O9S2. The first-order valence-corrected chi connectivity index (χ1v) is 18.7. The first-order valence-electron chi connectivity index (χ1n) is 16.6. The number of hydrogen-bond donors (Lipinski definition) is 0. The molecule has 4 aliphatic rings. The fourth-order valence-corrected chi connectivity index (χ4v) is 8.89. The van der Waals surface area contributed by atoms with E-state index in [1.54, 1.807) is 6.07 Å². The van der Waals surface area contributed by atoms with E-state index in [9.17, 15) is 32.9 Å². The molecule has 6 rings (SSSR count). The fraction of sp³-hybridized carbons (Fsp3) is 0.378. The molecule has 2 aromatic rings. The average Bonchev–Trinajstić information content (AvgIpc) is 3.64. The normalized spacial score (nSPS) is 23.5. The molecule has 3 aliphatic heterocycles. The van der Waals surface area contributed by atoms with E-state index >= 15 is 0 Å². The van der Waals surface area contributed by atoms with E-state index in [4.69, 9.17) is 0 Å². The Hall–Kier alpha value is -0.817. The summed E-state index contributed by atoms with van der Waals surface area (Å²) >= 11 is 0.820. The molecule has 2 aromatic carbocycles. The molecule has 17 heteroatoms. The Morgan fingerprint density at radius 1 is 0.926 bits per heavy atom. The molecule has 1 aliphatic carbocycles. The van der Waals surface area contributed by atoms with Crippen molar-refractivity contribution in [2.45, 2.75) is 67.4 Å². The maximum Gasteiger partial charge on any atom is 1.00 e. The number of nitrogens with zero attached hydrogens (tertiary/aromatic N) is 4. The molecule has 276 valence electrons. The summed E-state index contributed by atoms with van der Waals surface area (Å²) in [5.74, 6) is -1.73. The predicted octanol–water partition coefficient (Wildman–Crippen LogP) is -2.45. The first-order chi connectivity index (χ1) is 24.3. The summed E-state index contributed by atoms with van der Waals surface area (Å²) in [6.07, 6.45) is 7.19. The minimum atomic E-state index is -4.66. The Bertz CT molecular complexity index is 2160. The van der Waals surface area contributed by atoms with E-state index in [-0.39, 0.29) is 108 Å². The molecule has 3 heterocycles. The number of fused-ring (bicyclic) bond motifs is 2. The Balaban J connectivity index is 0.00000325. The van der Waals surface area contributed by atoms with Crippen molar-refractivity contribution in [1.82, 2.24) is 9.80 Å². The average molecular weight is 827 g/mol. The molecule has 13 nitrogen and oxygen atoms in total.